The molecule has 2 heterocycles. The Hall–Kier alpha value is -2.80. The molecule has 25 heavy (non-hydrogen) atoms. The first-order chi connectivity index (χ1) is 11.8. The number of rotatable bonds is 3. The van der Waals surface area contributed by atoms with E-state index in [9.17, 15) is 18.0 Å². The predicted molar refractivity (Wildman–Crippen MR) is 87.9 cm³/mol. The van der Waals surface area contributed by atoms with E-state index in [0.29, 0.717) is 16.5 Å². The van der Waals surface area contributed by atoms with Crippen molar-refractivity contribution in [3.8, 4) is 11.3 Å². The molecule has 3 aromatic rings. The van der Waals surface area contributed by atoms with E-state index in [4.69, 9.17) is 16.0 Å². The van der Waals surface area contributed by atoms with Crippen LogP contribution in [0.25, 0.3) is 23.5 Å². The molecule has 0 amide bonds. The van der Waals surface area contributed by atoms with Gasteiger partial charge < -0.3 is 9.40 Å². The van der Waals surface area contributed by atoms with Crippen molar-refractivity contribution >= 4 is 23.8 Å². The highest BCUT2D eigenvalue weighted by molar-refractivity contribution is 6.30. The molecule has 0 saturated heterocycles. The zero-order valence-electron chi connectivity index (χ0n) is 12.5. The van der Waals surface area contributed by atoms with E-state index in [1.54, 1.807) is 41.4 Å². The lowest BCUT2D eigenvalue weighted by atomic mass is 10.2. The Morgan fingerprint density at radius 3 is 2.48 bits per heavy atom. The highest BCUT2D eigenvalue weighted by atomic mass is 35.5. The lowest BCUT2D eigenvalue weighted by molar-refractivity contribution is -0.141. The third-order valence-electron chi connectivity index (χ3n) is 3.24. The van der Waals surface area contributed by atoms with Gasteiger partial charge in [-0.1, -0.05) is 11.6 Å². The summed E-state index contributed by atoms with van der Waals surface area (Å²) in [6.45, 7) is 0. The maximum atomic E-state index is 12.7. The quantitative estimate of drug-likeness (QED) is 0.719. The van der Waals surface area contributed by atoms with Crippen molar-refractivity contribution in [1.82, 2.24) is 9.97 Å². The molecule has 0 bridgehead atoms. The summed E-state index contributed by atoms with van der Waals surface area (Å²) in [7, 11) is 0. The fourth-order valence-corrected chi connectivity index (χ4v) is 2.22. The highest BCUT2D eigenvalue weighted by Gasteiger charge is 2.32. The van der Waals surface area contributed by atoms with E-state index in [1.165, 1.54) is 12.2 Å². The summed E-state index contributed by atoms with van der Waals surface area (Å²) in [5.41, 5.74) is -1.55. The molecule has 1 N–H and O–H groups in total. The standard InChI is InChI=1S/C17H10ClF3N2O2/c18-11-3-1-10(2-4-11)14-8-7-13(25-14)6-5-12-9-15(17(19,20)21)23-16(24)22-12/h1-9H,(H,22,23,24). The summed E-state index contributed by atoms with van der Waals surface area (Å²) in [6, 6.07) is 11.1. The minimum Gasteiger partial charge on any atom is -0.457 e. The first-order valence-electron chi connectivity index (χ1n) is 7.04. The number of benzene rings is 1. The summed E-state index contributed by atoms with van der Waals surface area (Å²) in [6.07, 6.45) is -1.95. The van der Waals surface area contributed by atoms with E-state index in [-0.39, 0.29) is 5.69 Å². The highest BCUT2D eigenvalue weighted by Crippen LogP contribution is 2.27. The van der Waals surface area contributed by atoms with E-state index in [0.717, 1.165) is 11.6 Å². The first kappa shape index (κ1) is 17.0. The van der Waals surface area contributed by atoms with Crippen molar-refractivity contribution in [3.63, 3.8) is 0 Å². The summed E-state index contributed by atoms with van der Waals surface area (Å²) in [4.78, 5) is 16.4. The molecular weight excluding hydrogens is 357 g/mol. The SMILES string of the molecule is O=c1nc(C=Cc2ccc(-c3ccc(Cl)cc3)o2)cc(C(F)(F)F)[nH]1. The van der Waals surface area contributed by atoms with Gasteiger partial charge in [-0.15, -0.1) is 0 Å². The topological polar surface area (TPSA) is 58.9 Å². The fraction of sp³-hybridized carbons (Fsp3) is 0.0588. The summed E-state index contributed by atoms with van der Waals surface area (Å²) in [5, 5.41) is 0.594. The monoisotopic (exact) mass is 366 g/mol. The third-order valence-corrected chi connectivity index (χ3v) is 3.50. The van der Waals surface area contributed by atoms with Gasteiger partial charge in [-0.25, -0.2) is 4.79 Å². The molecule has 8 heteroatoms. The van der Waals surface area contributed by atoms with Gasteiger partial charge in [0.15, 0.2) is 0 Å². The maximum absolute atomic E-state index is 12.7. The molecule has 0 aliphatic rings. The van der Waals surface area contributed by atoms with Crippen molar-refractivity contribution in [2.24, 2.45) is 0 Å². The Morgan fingerprint density at radius 1 is 1.08 bits per heavy atom. The van der Waals surface area contributed by atoms with Crippen molar-refractivity contribution in [1.29, 1.82) is 0 Å². The van der Waals surface area contributed by atoms with Crippen molar-refractivity contribution < 1.29 is 17.6 Å². The van der Waals surface area contributed by atoms with Gasteiger partial charge in [0.1, 0.15) is 17.2 Å². The van der Waals surface area contributed by atoms with Crippen molar-refractivity contribution in [3.05, 3.63) is 75.1 Å². The number of aromatic amines is 1. The van der Waals surface area contributed by atoms with Crippen LogP contribution < -0.4 is 5.69 Å². The van der Waals surface area contributed by atoms with E-state index in [2.05, 4.69) is 4.98 Å². The number of nitrogens with zero attached hydrogens (tertiary/aromatic N) is 1. The van der Waals surface area contributed by atoms with Crippen molar-refractivity contribution in [2.45, 2.75) is 6.18 Å². The molecule has 0 radical (unpaired) electrons. The molecule has 0 spiro atoms. The molecule has 0 saturated carbocycles. The molecule has 0 atom stereocenters. The molecular formula is C17H10ClF3N2O2. The number of aromatic nitrogens is 2. The summed E-state index contributed by atoms with van der Waals surface area (Å²) < 4.78 is 43.6. The largest absolute Gasteiger partial charge is 0.457 e. The molecule has 0 fully saturated rings. The molecule has 0 aliphatic heterocycles. The zero-order chi connectivity index (χ0) is 18.0. The number of halogens is 4. The molecule has 0 aliphatic carbocycles. The average molecular weight is 367 g/mol. The van der Waals surface area contributed by atoms with Crippen LogP contribution in [0.3, 0.4) is 0 Å². The molecule has 128 valence electrons. The fourth-order valence-electron chi connectivity index (χ4n) is 2.09. The van der Waals surface area contributed by atoms with Crippen LogP contribution in [-0.2, 0) is 6.18 Å². The molecule has 2 aromatic heterocycles. The van der Waals surface area contributed by atoms with Crippen LogP contribution in [0.15, 0.2) is 51.7 Å². The van der Waals surface area contributed by atoms with Gasteiger partial charge in [0.25, 0.3) is 0 Å². The van der Waals surface area contributed by atoms with Gasteiger partial charge in [-0.2, -0.15) is 18.2 Å². The van der Waals surface area contributed by atoms with E-state index < -0.39 is 17.6 Å². The average Bonchev–Trinajstić information content (AvgIpc) is 3.01. The Labute approximate surface area is 144 Å². The Kier molecular flexibility index (Phi) is 4.50. The number of hydrogen-bond acceptors (Lipinski definition) is 3. The first-order valence-corrected chi connectivity index (χ1v) is 7.41. The molecule has 0 unspecified atom stereocenters. The Bertz CT molecular complexity index is 973. The van der Waals surface area contributed by atoms with Crippen LogP contribution in [0.5, 0.6) is 0 Å². The van der Waals surface area contributed by atoms with Crippen LogP contribution >= 0.6 is 11.6 Å². The van der Waals surface area contributed by atoms with Crippen LogP contribution in [0.2, 0.25) is 5.02 Å². The van der Waals surface area contributed by atoms with Crippen LogP contribution in [0, 0.1) is 0 Å². The second-order valence-corrected chi connectivity index (χ2v) is 5.50. The van der Waals surface area contributed by atoms with Gasteiger partial charge in [0, 0.05) is 10.6 Å². The number of nitrogens with one attached hydrogen (secondary N) is 1. The smallest absolute Gasteiger partial charge is 0.431 e. The minimum absolute atomic E-state index is 0.125. The van der Waals surface area contributed by atoms with E-state index >= 15 is 0 Å². The van der Waals surface area contributed by atoms with Gasteiger partial charge in [-0.05, 0) is 54.6 Å². The predicted octanol–water partition coefficient (Wildman–Crippen LogP) is 4.87. The van der Waals surface area contributed by atoms with Gasteiger partial charge >= 0.3 is 11.9 Å². The molecule has 4 nitrogen and oxygen atoms in total. The van der Waals surface area contributed by atoms with Crippen LogP contribution in [0.1, 0.15) is 17.1 Å². The van der Waals surface area contributed by atoms with E-state index in [1.807, 2.05) is 0 Å². The number of furan rings is 1. The second kappa shape index (κ2) is 6.60. The zero-order valence-corrected chi connectivity index (χ0v) is 13.2. The third kappa shape index (κ3) is 4.19. The number of H-pyrrole nitrogens is 1. The van der Waals surface area contributed by atoms with Crippen molar-refractivity contribution in [2.75, 3.05) is 0 Å². The molecule has 1 aromatic carbocycles. The minimum atomic E-state index is -4.66. The summed E-state index contributed by atoms with van der Waals surface area (Å²) in [5.74, 6) is 0.978. The molecule has 3 rings (SSSR count). The normalized spacial score (nSPS) is 12.0. The van der Waals surface area contributed by atoms with Crippen LogP contribution in [0.4, 0.5) is 13.2 Å². The second-order valence-electron chi connectivity index (χ2n) is 5.06. The Morgan fingerprint density at radius 2 is 1.80 bits per heavy atom. The van der Waals surface area contributed by atoms with Crippen LogP contribution in [-0.4, -0.2) is 9.97 Å². The van der Waals surface area contributed by atoms with Gasteiger partial charge in [0.2, 0.25) is 0 Å². The lowest BCUT2D eigenvalue weighted by Gasteiger charge is -2.05. The number of alkyl halides is 3. The lowest BCUT2D eigenvalue weighted by Crippen LogP contribution is -2.19. The Balaban J connectivity index is 1.85. The maximum Gasteiger partial charge on any atom is 0.431 e. The van der Waals surface area contributed by atoms with Gasteiger partial charge in [-0.3, -0.25) is 0 Å². The number of hydrogen-bond donors (Lipinski definition) is 1. The van der Waals surface area contributed by atoms with Gasteiger partial charge in [0.05, 0.1) is 5.69 Å². The summed E-state index contributed by atoms with van der Waals surface area (Å²) >= 11 is 5.82.